The quantitative estimate of drug-likeness (QED) is 0.652. The van der Waals surface area contributed by atoms with Gasteiger partial charge in [-0.1, -0.05) is 0 Å². The van der Waals surface area contributed by atoms with Crippen molar-refractivity contribution in [3.63, 3.8) is 0 Å². The predicted molar refractivity (Wildman–Crippen MR) is 53.0 cm³/mol. The number of carboxylic acid groups (broad SMARTS) is 1. The maximum absolute atomic E-state index is 10.3. The highest BCUT2D eigenvalue weighted by molar-refractivity contribution is 5.86. The number of phenolic OH excluding ortho intramolecular Hbond substituents is 2. The van der Waals surface area contributed by atoms with Crippen LogP contribution in [0.2, 0.25) is 0 Å². The Morgan fingerprint density at radius 2 is 2.00 bits per heavy atom. The average Bonchev–Trinajstić information content (AvgIpc) is 2.16. The molecule has 0 aliphatic heterocycles. The lowest BCUT2D eigenvalue weighted by molar-refractivity contribution is -0.131. The molecule has 3 N–H and O–H groups in total. The summed E-state index contributed by atoms with van der Waals surface area (Å²) in [6.07, 6.45) is 2.09. The van der Waals surface area contributed by atoms with Crippen molar-refractivity contribution in [2.24, 2.45) is 0 Å². The maximum Gasteiger partial charge on any atom is 0.328 e. The minimum atomic E-state index is -1.12. The van der Waals surface area contributed by atoms with E-state index in [4.69, 9.17) is 9.84 Å². The minimum Gasteiger partial charge on any atom is -0.507 e. The number of benzene rings is 1. The van der Waals surface area contributed by atoms with Crippen LogP contribution in [0.15, 0.2) is 18.2 Å². The molecule has 1 aromatic rings. The van der Waals surface area contributed by atoms with Crippen molar-refractivity contribution in [1.29, 1.82) is 0 Å². The first kappa shape index (κ1) is 10.9. The van der Waals surface area contributed by atoms with Crippen LogP contribution in [0.1, 0.15) is 5.56 Å². The van der Waals surface area contributed by atoms with E-state index >= 15 is 0 Å². The normalized spacial score (nSPS) is 10.5. The van der Waals surface area contributed by atoms with Crippen molar-refractivity contribution in [3.8, 4) is 17.2 Å². The molecule has 5 heteroatoms. The Labute approximate surface area is 85.9 Å². The van der Waals surface area contributed by atoms with Crippen molar-refractivity contribution >= 4 is 12.0 Å². The first-order chi connectivity index (χ1) is 7.04. The molecule has 0 aromatic heterocycles. The summed E-state index contributed by atoms with van der Waals surface area (Å²) in [7, 11) is 1.36. The van der Waals surface area contributed by atoms with Gasteiger partial charge < -0.3 is 20.1 Å². The van der Waals surface area contributed by atoms with Crippen molar-refractivity contribution in [1.82, 2.24) is 0 Å². The van der Waals surface area contributed by atoms with Gasteiger partial charge in [-0.2, -0.15) is 0 Å². The lowest BCUT2D eigenvalue weighted by Crippen LogP contribution is -1.88. The molecule has 0 aliphatic carbocycles. The zero-order valence-corrected chi connectivity index (χ0v) is 7.97. The second kappa shape index (κ2) is 4.36. The van der Waals surface area contributed by atoms with Crippen LogP contribution < -0.4 is 4.74 Å². The number of phenols is 2. The molecule has 80 valence electrons. The van der Waals surface area contributed by atoms with E-state index < -0.39 is 5.97 Å². The number of carbonyl (C=O) groups is 1. The Kier molecular flexibility index (Phi) is 3.17. The van der Waals surface area contributed by atoms with Gasteiger partial charge in [0.2, 0.25) is 0 Å². The van der Waals surface area contributed by atoms with Gasteiger partial charge in [0.05, 0.1) is 7.11 Å². The van der Waals surface area contributed by atoms with Crippen molar-refractivity contribution < 1.29 is 24.9 Å². The van der Waals surface area contributed by atoms with Gasteiger partial charge in [-0.05, 0) is 12.1 Å². The molecule has 5 nitrogen and oxygen atoms in total. The van der Waals surface area contributed by atoms with Gasteiger partial charge in [0.1, 0.15) is 5.75 Å². The van der Waals surface area contributed by atoms with Gasteiger partial charge in [-0.15, -0.1) is 0 Å². The molecule has 0 heterocycles. The van der Waals surface area contributed by atoms with Gasteiger partial charge >= 0.3 is 5.97 Å². The summed E-state index contributed by atoms with van der Waals surface area (Å²) in [5.74, 6) is -1.38. The van der Waals surface area contributed by atoms with Crippen molar-refractivity contribution in [2.75, 3.05) is 7.11 Å². The molecule has 0 saturated heterocycles. The Morgan fingerprint density at radius 3 is 2.53 bits per heavy atom. The van der Waals surface area contributed by atoms with Gasteiger partial charge in [0, 0.05) is 17.7 Å². The smallest absolute Gasteiger partial charge is 0.328 e. The SMILES string of the molecule is COc1cc(/C=C\C(=O)O)c(O)cc1O. The Balaban J connectivity index is 3.13. The number of methoxy groups -OCH3 is 1. The topological polar surface area (TPSA) is 87.0 Å². The first-order valence-electron chi connectivity index (χ1n) is 4.05. The molecule has 0 spiro atoms. The van der Waals surface area contributed by atoms with Crippen LogP contribution in [0.25, 0.3) is 6.08 Å². The molecule has 15 heavy (non-hydrogen) atoms. The fraction of sp³-hybridized carbons (Fsp3) is 0.100. The van der Waals surface area contributed by atoms with Gasteiger partial charge in [-0.25, -0.2) is 4.79 Å². The molecular weight excluding hydrogens is 200 g/mol. The number of ether oxygens (including phenoxy) is 1. The average molecular weight is 210 g/mol. The Bertz CT molecular complexity index is 409. The summed E-state index contributed by atoms with van der Waals surface area (Å²) < 4.78 is 4.81. The highest BCUT2D eigenvalue weighted by atomic mass is 16.5. The third-order valence-electron chi connectivity index (χ3n) is 1.73. The third kappa shape index (κ3) is 2.63. The van der Waals surface area contributed by atoms with E-state index in [-0.39, 0.29) is 22.8 Å². The number of hydrogen-bond acceptors (Lipinski definition) is 4. The van der Waals surface area contributed by atoms with E-state index in [2.05, 4.69) is 0 Å². The zero-order chi connectivity index (χ0) is 11.4. The molecule has 0 bridgehead atoms. The molecule has 0 radical (unpaired) electrons. The fourth-order valence-corrected chi connectivity index (χ4v) is 1.03. The fourth-order valence-electron chi connectivity index (χ4n) is 1.03. The van der Waals surface area contributed by atoms with Crippen LogP contribution in [0, 0.1) is 0 Å². The summed E-state index contributed by atoms with van der Waals surface area (Å²) in [6.45, 7) is 0. The number of carboxylic acids is 1. The van der Waals surface area contributed by atoms with Crippen LogP contribution in [0.5, 0.6) is 17.2 Å². The zero-order valence-electron chi connectivity index (χ0n) is 7.97. The highest BCUT2D eigenvalue weighted by Gasteiger charge is 2.06. The molecule has 0 fully saturated rings. The van der Waals surface area contributed by atoms with Crippen LogP contribution >= 0.6 is 0 Å². The first-order valence-corrected chi connectivity index (χ1v) is 4.05. The monoisotopic (exact) mass is 210 g/mol. The number of aliphatic carboxylic acids is 1. The van der Waals surface area contributed by atoms with E-state index in [1.165, 1.54) is 19.3 Å². The summed E-state index contributed by atoms with van der Waals surface area (Å²) in [6, 6.07) is 2.42. The molecular formula is C10H10O5. The number of hydrogen-bond donors (Lipinski definition) is 3. The second-order valence-electron chi connectivity index (χ2n) is 2.75. The Morgan fingerprint density at radius 1 is 1.33 bits per heavy atom. The highest BCUT2D eigenvalue weighted by Crippen LogP contribution is 2.33. The Hall–Kier alpha value is -2.17. The van der Waals surface area contributed by atoms with Crippen LogP contribution in [0.4, 0.5) is 0 Å². The molecule has 0 unspecified atom stereocenters. The van der Waals surface area contributed by atoms with Crippen molar-refractivity contribution in [3.05, 3.63) is 23.8 Å². The number of aromatic hydroxyl groups is 2. The second-order valence-corrected chi connectivity index (χ2v) is 2.75. The molecule has 0 amide bonds. The van der Waals surface area contributed by atoms with E-state index in [0.717, 1.165) is 12.1 Å². The number of rotatable bonds is 3. The van der Waals surface area contributed by atoms with E-state index in [1.54, 1.807) is 0 Å². The maximum atomic E-state index is 10.3. The van der Waals surface area contributed by atoms with Crippen LogP contribution in [-0.2, 0) is 4.79 Å². The van der Waals surface area contributed by atoms with Gasteiger partial charge in [-0.3, -0.25) is 0 Å². The molecule has 0 atom stereocenters. The molecule has 0 aliphatic rings. The van der Waals surface area contributed by atoms with E-state index in [9.17, 15) is 15.0 Å². The largest absolute Gasteiger partial charge is 0.507 e. The molecule has 0 saturated carbocycles. The van der Waals surface area contributed by atoms with E-state index in [1.807, 2.05) is 0 Å². The van der Waals surface area contributed by atoms with Crippen molar-refractivity contribution in [2.45, 2.75) is 0 Å². The molecule has 1 rings (SSSR count). The summed E-state index contributed by atoms with van der Waals surface area (Å²) in [5.41, 5.74) is 0.257. The summed E-state index contributed by atoms with van der Waals surface area (Å²) in [4.78, 5) is 10.3. The lowest BCUT2D eigenvalue weighted by Gasteiger charge is -2.05. The van der Waals surface area contributed by atoms with Gasteiger partial charge in [0.15, 0.2) is 11.5 Å². The minimum absolute atomic E-state index is 0.165. The standard InChI is InChI=1S/C10H10O5/c1-15-9-4-6(2-3-10(13)14)7(11)5-8(9)12/h2-5,11-12H,1H3,(H,13,14)/b3-2-. The summed E-state index contributed by atoms with van der Waals surface area (Å²) in [5, 5.41) is 27.0. The lowest BCUT2D eigenvalue weighted by atomic mass is 10.1. The predicted octanol–water partition coefficient (Wildman–Crippen LogP) is 1.20. The third-order valence-corrected chi connectivity index (χ3v) is 1.73. The molecule has 1 aromatic carbocycles. The van der Waals surface area contributed by atoms with Crippen LogP contribution in [0.3, 0.4) is 0 Å². The van der Waals surface area contributed by atoms with Crippen LogP contribution in [-0.4, -0.2) is 28.4 Å². The van der Waals surface area contributed by atoms with E-state index in [0.29, 0.717) is 0 Å². The van der Waals surface area contributed by atoms with Gasteiger partial charge in [0.25, 0.3) is 0 Å². The summed E-state index contributed by atoms with van der Waals surface area (Å²) >= 11 is 0.